The Morgan fingerprint density at radius 3 is 2.62 bits per heavy atom. The minimum atomic E-state index is -0.400. The monoisotopic (exact) mass is 495 g/mol. The molecule has 1 aliphatic rings. The largest absolute Gasteiger partial charge is 0.462 e. The van der Waals surface area contributed by atoms with Crippen molar-refractivity contribution in [2.75, 3.05) is 17.7 Å². The summed E-state index contributed by atoms with van der Waals surface area (Å²) in [6.45, 7) is 4.53. The molecule has 1 N–H and O–H groups in total. The number of fused-ring (bicyclic) bond motifs is 1. The maximum absolute atomic E-state index is 13.3. The topological polar surface area (TPSA) is 90.3 Å². The fraction of sp³-hybridized carbons (Fsp3) is 0.280. The van der Waals surface area contributed by atoms with Crippen molar-refractivity contribution in [3.8, 4) is 0 Å². The highest BCUT2D eigenvalue weighted by atomic mass is 32.2. The third-order valence-corrected chi connectivity index (χ3v) is 7.35. The molecule has 0 bridgehead atoms. The van der Waals surface area contributed by atoms with Crippen LogP contribution in [0.25, 0.3) is 0 Å². The lowest BCUT2D eigenvalue weighted by Gasteiger charge is -2.14. The molecule has 2 aromatic carbocycles. The van der Waals surface area contributed by atoms with Gasteiger partial charge in [-0.1, -0.05) is 49.0 Å². The van der Waals surface area contributed by atoms with Gasteiger partial charge in [-0.25, -0.2) is 9.78 Å². The predicted octanol–water partition coefficient (Wildman–Crippen LogP) is 4.24. The van der Waals surface area contributed by atoms with E-state index >= 15 is 0 Å². The Hall–Kier alpha value is -3.04. The maximum atomic E-state index is 13.3. The van der Waals surface area contributed by atoms with Crippen LogP contribution in [-0.2, 0) is 22.5 Å². The number of rotatable bonds is 8. The summed E-state index contributed by atoms with van der Waals surface area (Å²) in [5, 5.41) is 3.67. The van der Waals surface area contributed by atoms with Crippen LogP contribution in [0.15, 0.2) is 69.4 Å². The minimum Gasteiger partial charge on any atom is -0.462 e. The van der Waals surface area contributed by atoms with Crippen molar-refractivity contribution in [2.45, 2.75) is 42.1 Å². The fourth-order valence-corrected chi connectivity index (χ4v) is 5.51. The molecule has 2 heterocycles. The number of aromatic nitrogens is 2. The quantitative estimate of drug-likeness (QED) is 0.284. The number of anilines is 1. The third kappa shape index (κ3) is 5.71. The first kappa shape index (κ1) is 24.1. The molecule has 0 spiro atoms. The van der Waals surface area contributed by atoms with E-state index in [2.05, 4.69) is 12.2 Å². The SMILES string of the molecule is CCOC(=O)c1ccc(NC(=O)CSc2nc3c(c(=O)n2Cc2ccccc2)S[C@@H](C)C3)cc1. The van der Waals surface area contributed by atoms with Gasteiger partial charge >= 0.3 is 5.97 Å². The zero-order valence-electron chi connectivity index (χ0n) is 18.9. The van der Waals surface area contributed by atoms with Gasteiger partial charge in [-0.05, 0) is 36.8 Å². The first-order chi connectivity index (χ1) is 16.4. The molecule has 0 saturated heterocycles. The molecule has 7 nitrogen and oxygen atoms in total. The van der Waals surface area contributed by atoms with Gasteiger partial charge in [0.15, 0.2) is 5.16 Å². The first-order valence-corrected chi connectivity index (χ1v) is 12.8. The van der Waals surface area contributed by atoms with E-state index in [9.17, 15) is 14.4 Å². The second-order valence-corrected chi connectivity index (χ2v) is 10.2. The lowest BCUT2D eigenvalue weighted by atomic mass is 10.2. The van der Waals surface area contributed by atoms with Crippen LogP contribution in [0.1, 0.15) is 35.5 Å². The molecule has 34 heavy (non-hydrogen) atoms. The number of esters is 1. The molecule has 0 saturated carbocycles. The Morgan fingerprint density at radius 2 is 1.91 bits per heavy atom. The van der Waals surface area contributed by atoms with Gasteiger partial charge in [0.05, 0.1) is 35.1 Å². The van der Waals surface area contributed by atoms with Crippen LogP contribution in [0.4, 0.5) is 5.69 Å². The number of thioether (sulfide) groups is 2. The molecule has 1 aliphatic heterocycles. The number of hydrogen-bond acceptors (Lipinski definition) is 7. The molecule has 0 radical (unpaired) electrons. The third-order valence-electron chi connectivity index (χ3n) is 5.16. The molecule has 0 fully saturated rings. The van der Waals surface area contributed by atoms with E-state index in [0.717, 1.165) is 17.7 Å². The molecule has 0 unspecified atom stereocenters. The summed E-state index contributed by atoms with van der Waals surface area (Å²) < 4.78 is 6.63. The van der Waals surface area contributed by atoms with Gasteiger partial charge in [0.2, 0.25) is 5.91 Å². The van der Waals surface area contributed by atoms with Crippen LogP contribution in [0.3, 0.4) is 0 Å². The van der Waals surface area contributed by atoms with E-state index in [-0.39, 0.29) is 17.2 Å². The van der Waals surface area contributed by atoms with Gasteiger partial charge in [-0.2, -0.15) is 0 Å². The lowest BCUT2D eigenvalue weighted by Crippen LogP contribution is -2.26. The molecule has 3 aromatic rings. The molecule has 0 aliphatic carbocycles. The Balaban J connectivity index is 1.48. The van der Waals surface area contributed by atoms with Crippen LogP contribution in [0.2, 0.25) is 0 Å². The number of carbonyl (C=O) groups excluding carboxylic acids is 2. The molecule has 176 valence electrons. The van der Waals surface area contributed by atoms with Crippen molar-refractivity contribution in [3.05, 3.63) is 81.8 Å². The number of amides is 1. The summed E-state index contributed by atoms with van der Waals surface area (Å²) in [5.74, 6) is -0.525. The zero-order valence-corrected chi connectivity index (χ0v) is 20.6. The summed E-state index contributed by atoms with van der Waals surface area (Å²) in [5.41, 5.74) is 2.75. The van der Waals surface area contributed by atoms with Gasteiger partial charge in [0, 0.05) is 17.4 Å². The van der Waals surface area contributed by atoms with Crippen molar-refractivity contribution in [1.82, 2.24) is 9.55 Å². The van der Waals surface area contributed by atoms with Crippen LogP contribution in [0.5, 0.6) is 0 Å². The number of nitrogens with zero attached hydrogens (tertiary/aromatic N) is 2. The van der Waals surface area contributed by atoms with Gasteiger partial charge in [0.1, 0.15) is 0 Å². The van der Waals surface area contributed by atoms with E-state index in [1.165, 1.54) is 11.8 Å². The Morgan fingerprint density at radius 1 is 1.18 bits per heavy atom. The number of benzene rings is 2. The van der Waals surface area contributed by atoms with Crippen molar-refractivity contribution in [2.24, 2.45) is 0 Å². The van der Waals surface area contributed by atoms with Crippen molar-refractivity contribution < 1.29 is 14.3 Å². The molecule has 1 amide bonds. The molecular formula is C25H25N3O4S2. The summed E-state index contributed by atoms with van der Waals surface area (Å²) in [6, 6.07) is 16.3. The van der Waals surface area contributed by atoms with E-state index in [0.29, 0.717) is 39.7 Å². The van der Waals surface area contributed by atoms with Crippen LogP contribution in [-0.4, -0.2) is 39.0 Å². The number of carbonyl (C=O) groups is 2. The average Bonchev–Trinajstić information content (AvgIpc) is 3.21. The number of nitrogens with one attached hydrogen (secondary N) is 1. The van der Waals surface area contributed by atoms with Gasteiger partial charge in [-0.15, -0.1) is 11.8 Å². The fourth-order valence-electron chi connectivity index (χ4n) is 3.58. The van der Waals surface area contributed by atoms with Crippen LogP contribution < -0.4 is 10.9 Å². The molecule has 1 aromatic heterocycles. The standard InChI is InChI=1S/C25H25N3O4S2/c1-3-32-24(31)18-9-11-19(12-10-18)26-21(29)15-33-25-27-20-13-16(2)34-22(20)23(30)28(25)14-17-7-5-4-6-8-17/h4-12,16H,3,13-15H2,1-2H3,(H,26,29)/t16-/m0/s1. The van der Waals surface area contributed by atoms with Crippen molar-refractivity contribution >= 4 is 41.1 Å². The Bertz CT molecular complexity index is 1240. The molecule has 4 rings (SSSR count). The highest BCUT2D eigenvalue weighted by Crippen LogP contribution is 2.34. The van der Waals surface area contributed by atoms with E-state index in [4.69, 9.17) is 9.72 Å². The summed E-state index contributed by atoms with van der Waals surface area (Å²) in [7, 11) is 0. The van der Waals surface area contributed by atoms with Crippen molar-refractivity contribution in [1.29, 1.82) is 0 Å². The minimum absolute atomic E-state index is 0.0549. The highest BCUT2D eigenvalue weighted by molar-refractivity contribution is 8.00. The van der Waals surface area contributed by atoms with E-state index in [1.807, 2.05) is 30.3 Å². The first-order valence-electron chi connectivity index (χ1n) is 11.0. The average molecular weight is 496 g/mol. The van der Waals surface area contributed by atoms with E-state index in [1.54, 1.807) is 47.5 Å². The predicted molar refractivity (Wildman–Crippen MR) is 135 cm³/mol. The second kappa shape index (κ2) is 10.9. The second-order valence-electron chi connectivity index (χ2n) is 7.81. The smallest absolute Gasteiger partial charge is 0.338 e. The zero-order chi connectivity index (χ0) is 24.1. The van der Waals surface area contributed by atoms with Gasteiger partial charge in [0.25, 0.3) is 5.56 Å². The van der Waals surface area contributed by atoms with E-state index < -0.39 is 5.97 Å². The van der Waals surface area contributed by atoms with Crippen LogP contribution in [0, 0.1) is 0 Å². The van der Waals surface area contributed by atoms with Gasteiger partial charge in [-0.3, -0.25) is 14.2 Å². The summed E-state index contributed by atoms with van der Waals surface area (Å²) in [6.07, 6.45) is 0.744. The molecule has 9 heteroatoms. The van der Waals surface area contributed by atoms with Crippen molar-refractivity contribution in [3.63, 3.8) is 0 Å². The highest BCUT2D eigenvalue weighted by Gasteiger charge is 2.26. The number of hydrogen-bond donors (Lipinski definition) is 1. The number of ether oxygens (including phenoxy) is 1. The molecule has 1 atom stereocenters. The summed E-state index contributed by atoms with van der Waals surface area (Å²) in [4.78, 5) is 43.1. The maximum Gasteiger partial charge on any atom is 0.338 e. The Labute approximate surface area is 206 Å². The molecular weight excluding hydrogens is 470 g/mol. The Kier molecular flexibility index (Phi) is 7.74. The van der Waals surface area contributed by atoms with Crippen LogP contribution >= 0.6 is 23.5 Å². The summed E-state index contributed by atoms with van der Waals surface area (Å²) >= 11 is 2.81. The normalized spacial score (nSPS) is 14.5. The van der Waals surface area contributed by atoms with Gasteiger partial charge < -0.3 is 10.1 Å². The lowest BCUT2D eigenvalue weighted by molar-refractivity contribution is -0.113.